The molecule has 55 heavy (non-hydrogen) atoms. The Balaban J connectivity index is 2.11. The van der Waals surface area contributed by atoms with E-state index in [4.69, 9.17) is 47.4 Å². The summed E-state index contributed by atoms with van der Waals surface area (Å²) in [5, 5.41) is 8.89. The topological polar surface area (TPSA) is 191 Å². The molecule has 0 N–H and O–H groups in total. The molecule has 314 valence electrons. The van der Waals surface area contributed by atoms with Crippen LogP contribution >= 0.6 is 0 Å². The van der Waals surface area contributed by atoms with Crippen LogP contribution in [0.3, 0.4) is 0 Å². The highest BCUT2D eigenvalue weighted by atomic mass is 16.7. The van der Waals surface area contributed by atoms with Gasteiger partial charge in [-0.25, -0.2) is 4.68 Å². The standard InChI is InChI=1S/C38H63N3O14/c1-9-13-17-46-22-29-32(47-18-14-10-2)35(49-20-16-12-4)34(48-19-15-11-3)31(54-29)28-21-41(40-39-28)38-37(53-27(8)45)36(52-26(7)44)33(51-25(6)43)30(55-38)23-50-24(5)42/h21,29-38H,9-20,22-23H2,1-8H3/t29-,30-,31-,32-,33-,34-,35+,36+,37+,38+/m1/s1. The minimum Gasteiger partial charge on any atom is -0.463 e. The maximum Gasteiger partial charge on any atom is 0.303 e. The molecule has 2 aliphatic heterocycles. The SMILES string of the molecule is CCCCOC[C@H]1O[C@H](c2cn([C@H]3O[C@H](COC(C)=O)[C@@H](OC(C)=O)[C@H](OC(C)=O)[C@@H]3OC(C)=O)nn2)[C@@H](OCCCC)[C@@H](OCCCC)[C@@H]1OCCCC. The van der Waals surface area contributed by atoms with Crippen molar-refractivity contribution in [1.29, 1.82) is 0 Å². The van der Waals surface area contributed by atoms with Crippen molar-refractivity contribution in [2.75, 3.05) is 39.6 Å². The average molecular weight is 786 g/mol. The molecule has 0 unspecified atom stereocenters. The highest BCUT2D eigenvalue weighted by Crippen LogP contribution is 2.39. The lowest BCUT2D eigenvalue weighted by Gasteiger charge is -2.46. The quantitative estimate of drug-likeness (QED) is 0.0816. The summed E-state index contributed by atoms with van der Waals surface area (Å²) in [6.45, 7) is 14.9. The maximum absolute atomic E-state index is 12.5. The second kappa shape index (κ2) is 24.4. The van der Waals surface area contributed by atoms with Crippen molar-refractivity contribution in [3.05, 3.63) is 11.9 Å². The van der Waals surface area contributed by atoms with Crippen LogP contribution in [0.1, 0.15) is 125 Å². The molecule has 1 aromatic rings. The molecule has 17 nitrogen and oxygen atoms in total. The van der Waals surface area contributed by atoms with Crippen LogP contribution in [0, 0.1) is 0 Å². The number of hydrogen-bond acceptors (Lipinski definition) is 16. The van der Waals surface area contributed by atoms with Crippen molar-refractivity contribution < 1.29 is 66.5 Å². The molecule has 2 fully saturated rings. The third-order valence-electron chi connectivity index (χ3n) is 9.03. The van der Waals surface area contributed by atoms with Gasteiger partial charge in [0.05, 0.1) is 12.8 Å². The number of rotatable bonds is 24. The monoisotopic (exact) mass is 785 g/mol. The zero-order valence-electron chi connectivity index (χ0n) is 33.8. The Morgan fingerprint density at radius 3 is 1.67 bits per heavy atom. The van der Waals surface area contributed by atoms with Crippen LogP contribution < -0.4 is 0 Å². The molecule has 0 bridgehead atoms. The summed E-state index contributed by atoms with van der Waals surface area (Å²) in [7, 11) is 0. The Labute approximate surface area is 324 Å². The summed E-state index contributed by atoms with van der Waals surface area (Å²) >= 11 is 0. The summed E-state index contributed by atoms with van der Waals surface area (Å²) in [6.07, 6.45) is -0.884. The lowest BCUT2D eigenvalue weighted by Crippen LogP contribution is -2.60. The number of aromatic nitrogens is 3. The molecule has 0 aromatic carbocycles. The van der Waals surface area contributed by atoms with Gasteiger partial charge in [-0.05, 0) is 25.7 Å². The first-order valence-electron chi connectivity index (χ1n) is 19.8. The minimum atomic E-state index is -1.38. The largest absolute Gasteiger partial charge is 0.463 e. The number of unbranched alkanes of at least 4 members (excludes halogenated alkanes) is 4. The fourth-order valence-corrected chi connectivity index (χ4v) is 6.36. The van der Waals surface area contributed by atoms with Gasteiger partial charge in [-0.2, -0.15) is 0 Å². The van der Waals surface area contributed by atoms with E-state index in [2.05, 4.69) is 38.0 Å². The van der Waals surface area contributed by atoms with Gasteiger partial charge < -0.3 is 47.4 Å². The molecule has 0 radical (unpaired) electrons. The van der Waals surface area contributed by atoms with Crippen LogP contribution in [0.4, 0.5) is 0 Å². The number of carbonyl (C=O) groups excluding carboxylic acids is 4. The molecule has 3 heterocycles. The van der Waals surface area contributed by atoms with Crippen LogP contribution in [0.5, 0.6) is 0 Å². The van der Waals surface area contributed by atoms with E-state index in [0.29, 0.717) is 32.1 Å². The highest BCUT2D eigenvalue weighted by Gasteiger charge is 2.54. The average Bonchev–Trinajstić information content (AvgIpc) is 3.62. The first-order chi connectivity index (χ1) is 26.4. The van der Waals surface area contributed by atoms with Gasteiger partial charge in [-0.15, -0.1) is 5.10 Å². The van der Waals surface area contributed by atoms with Crippen LogP contribution in [0.2, 0.25) is 0 Å². The molecule has 2 aliphatic rings. The predicted molar refractivity (Wildman–Crippen MR) is 195 cm³/mol. The Bertz CT molecular complexity index is 1310. The molecule has 3 rings (SSSR count). The molecular weight excluding hydrogens is 722 g/mol. The maximum atomic E-state index is 12.5. The molecule has 0 saturated carbocycles. The predicted octanol–water partition coefficient (Wildman–Crippen LogP) is 4.35. The Hall–Kier alpha value is -3.22. The number of ether oxygens (including phenoxy) is 10. The summed E-state index contributed by atoms with van der Waals surface area (Å²) in [4.78, 5) is 49.0. The molecular formula is C38H63N3O14. The van der Waals surface area contributed by atoms with Gasteiger partial charge in [-0.1, -0.05) is 58.6 Å². The van der Waals surface area contributed by atoms with Crippen LogP contribution in [0.25, 0.3) is 0 Å². The summed E-state index contributed by atoms with van der Waals surface area (Å²) < 4.78 is 62.3. The zero-order valence-corrected chi connectivity index (χ0v) is 33.8. The third-order valence-corrected chi connectivity index (χ3v) is 9.03. The second-order valence-corrected chi connectivity index (χ2v) is 13.8. The van der Waals surface area contributed by atoms with E-state index < -0.39 is 85.0 Å². The lowest BCUT2D eigenvalue weighted by atomic mass is 9.92. The van der Waals surface area contributed by atoms with Gasteiger partial charge in [0.2, 0.25) is 0 Å². The van der Waals surface area contributed by atoms with Gasteiger partial charge in [0.1, 0.15) is 48.9 Å². The summed E-state index contributed by atoms with van der Waals surface area (Å²) in [5.41, 5.74) is 0.351. The molecule has 1 aromatic heterocycles. The van der Waals surface area contributed by atoms with Crippen molar-refractivity contribution in [2.24, 2.45) is 0 Å². The van der Waals surface area contributed by atoms with Gasteiger partial charge in [0.15, 0.2) is 24.5 Å². The highest BCUT2D eigenvalue weighted by molar-refractivity contribution is 5.68. The number of nitrogens with zero attached hydrogens (tertiary/aromatic N) is 3. The van der Waals surface area contributed by atoms with Gasteiger partial charge in [-0.3, -0.25) is 19.2 Å². The van der Waals surface area contributed by atoms with E-state index in [1.807, 2.05) is 0 Å². The smallest absolute Gasteiger partial charge is 0.303 e. The van der Waals surface area contributed by atoms with Crippen molar-refractivity contribution >= 4 is 23.9 Å². The van der Waals surface area contributed by atoms with E-state index in [1.54, 1.807) is 6.20 Å². The van der Waals surface area contributed by atoms with Crippen LogP contribution in [0.15, 0.2) is 6.20 Å². The van der Waals surface area contributed by atoms with E-state index in [9.17, 15) is 19.2 Å². The Morgan fingerprint density at radius 2 is 1.11 bits per heavy atom. The number of carbonyl (C=O) groups is 4. The Kier molecular flexibility index (Phi) is 20.5. The normalized spacial score (nSPS) is 28.0. The first-order valence-corrected chi connectivity index (χ1v) is 19.8. The number of esters is 4. The fourth-order valence-electron chi connectivity index (χ4n) is 6.36. The van der Waals surface area contributed by atoms with Gasteiger partial charge in [0.25, 0.3) is 0 Å². The first kappa shape index (κ1) is 46.2. The lowest BCUT2D eigenvalue weighted by molar-refractivity contribution is -0.271. The van der Waals surface area contributed by atoms with Crippen molar-refractivity contribution in [2.45, 2.75) is 168 Å². The van der Waals surface area contributed by atoms with Crippen LogP contribution in [-0.4, -0.2) is 127 Å². The minimum absolute atomic E-state index is 0.246. The summed E-state index contributed by atoms with van der Waals surface area (Å²) in [6, 6.07) is 0. The molecule has 0 amide bonds. The molecule has 10 atom stereocenters. The van der Waals surface area contributed by atoms with E-state index in [0.717, 1.165) is 65.2 Å². The molecule has 2 saturated heterocycles. The molecule has 0 aliphatic carbocycles. The van der Waals surface area contributed by atoms with Crippen LogP contribution in [-0.2, 0) is 66.5 Å². The van der Waals surface area contributed by atoms with Gasteiger partial charge in [0, 0.05) is 54.1 Å². The van der Waals surface area contributed by atoms with E-state index >= 15 is 0 Å². The van der Waals surface area contributed by atoms with Crippen molar-refractivity contribution in [1.82, 2.24) is 15.0 Å². The Morgan fingerprint density at radius 1 is 0.600 bits per heavy atom. The number of hydrogen-bond donors (Lipinski definition) is 0. The summed E-state index contributed by atoms with van der Waals surface area (Å²) in [5.74, 6) is -2.83. The molecule has 17 heteroatoms. The van der Waals surface area contributed by atoms with E-state index in [1.165, 1.54) is 18.5 Å². The van der Waals surface area contributed by atoms with Gasteiger partial charge >= 0.3 is 23.9 Å². The second-order valence-electron chi connectivity index (χ2n) is 13.8. The molecule has 0 spiro atoms. The van der Waals surface area contributed by atoms with Crippen molar-refractivity contribution in [3.63, 3.8) is 0 Å². The third kappa shape index (κ3) is 14.3. The van der Waals surface area contributed by atoms with Crippen molar-refractivity contribution in [3.8, 4) is 0 Å². The fraction of sp³-hybridized carbons (Fsp3) is 0.842. The zero-order chi connectivity index (χ0) is 40.3. The van der Waals surface area contributed by atoms with E-state index in [-0.39, 0.29) is 13.2 Å².